The van der Waals surface area contributed by atoms with Gasteiger partial charge in [-0.15, -0.1) is 0 Å². The van der Waals surface area contributed by atoms with Crippen LogP contribution in [0.3, 0.4) is 0 Å². The Balaban J connectivity index is 2.19. The predicted molar refractivity (Wildman–Crippen MR) is 63.5 cm³/mol. The molecule has 0 spiro atoms. The van der Waals surface area contributed by atoms with Gasteiger partial charge < -0.3 is 5.11 Å². The number of aromatic nitrogens is 2. The maximum absolute atomic E-state index is 13.0. The summed E-state index contributed by atoms with van der Waals surface area (Å²) >= 11 is 6.09. The largest absolute Gasteiger partial charge is 0.396 e. The van der Waals surface area contributed by atoms with Gasteiger partial charge in [-0.25, -0.2) is 9.07 Å². The summed E-state index contributed by atoms with van der Waals surface area (Å²) in [5.41, 5.74) is 1.59. The standard InChI is InChI=1S/C12H12ClFN2O/c13-12-10(4-5-17)7-15-16(12)8-9-2-1-3-11(14)6-9/h1-3,6-7,17H,4-5,8H2. The van der Waals surface area contributed by atoms with Gasteiger partial charge in [-0.1, -0.05) is 23.7 Å². The number of hydrogen-bond donors (Lipinski definition) is 1. The molecule has 1 aromatic heterocycles. The second-order valence-electron chi connectivity index (χ2n) is 3.72. The highest BCUT2D eigenvalue weighted by atomic mass is 35.5. The second-order valence-corrected chi connectivity index (χ2v) is 4.08. The average Bonchev–Trinajstić information content (AvgIpc) is 2.62. The van der Waals surface area contributed by atoms with E-state index in [1.54, 1.807) is 16.9 Å². The van der Waals surface area contributed by atoms with Gasteiger partial charge in [0.2, 0.25) is 0 Å². The Morgan fingerprint density at radius 1 is 1.41 bits per heavy atom. The Hall–Kier alpha value is -1.39. The Morgan fingerprint density at radius 3 is 2.94 bits per heavy atom. The van der Waals surface area contributed by atoms with Gasteiger partial charge in [-0.2, -0.15) is 5.10 Å². The molecule has 2 rings (SSSR count). The number of aliphatic hydroxyl groups excluding tert-OH is 1. The van der Waals surface area contributed by atoms with Gasteiger partial charge in [0.05, 0.1) is 12.7 Å². The summed E-state index contributed by atoms with van der Waals surface area (Å²) in [6.07, 6.45) is 2.10. The van der Waals surface area contributed by atoms with E-state index in [1.807, 2.05) is 6.07 Å². The van der Waals surface area contributed by atoms with Crippen molar-refractivity contribution in [3.63, 3.8) is 0 Å². The Bertz CT molecular complexity index is 513. The van der Waals surface area contributed by atoms with Crippen LogP contribution in [-0.4, -0.2) is 21.5 Å². The van der Waals surface area contributed by atoms with Crippen molar-refractivity contribution in [2.75, 3.05) is 6.61 Å². The summed E-state index contributed by atoms with van der Waals surface area (Å²) in [5, 5.41) is 13.4. The first kappa shape index (κ1) is 12.1. The number of hydrogen-bond acceptors (Lipinski definition) is 2. The SMILES string of the molecule is OCCc1cnn(Cc2cccc(F)c2)c1Cl. The van der Waals surface area contributed by atoms with Crippen LogP contribution in [0.1, 0.15) is 11.1 Å². The molecule has 0 bridgehead atoms. The van der Waals surface area contributed by atoms with Crippen molar-refractivity contribution in [2.45, 2.75) is 13.0 Å². The lowest BCUT2D eigenvalue weighted by Crippen LogP contribution is -2.02. The highest BCUT2D eigenvalue weighted by molar-refractivity contribution is 6.30. The van der Waals surface area contributed by atoms with E-state index >= 15 is 0 Å². The number of benzene rings is 1. The molecule has 0 fully saturated rings. The first-order chi connectivity index (χ1) is 8.20. The molecule has 0 unspecified atom stereocenters. The van der Waals surface area contributed by atoms with Crippen molar-refractivity contribution in [1.82, 2.24) is 9.78 Å². The van der Waals surface area contributed by atoms with Crippen LogP contribution in [0.5, 0.6) is 0 Å². The van der Waals surface area contributed by atoms with E-state index < -0.39 is 0 Å². The lowest BCUT2D eigenvalue weighted by molar-refractivity contribution is 0.299. The van der Waals surface area contributed by atoms with Gasteiger partial charge in [-0.05, 0) is 17.7 Å². The van der Waals surface area contributed by atoms with E-state index in [0.717, 1.165) is 11.1 Å². The van der Waals surface area contributed by atoms with Crippen molar-refractivity contribution in [1.29, 1.82) is 0 Å². The molecule has 1 heterocycles. The smallest absolute Gasteiger partial charge is 0.130 e. The molecule has 0 saturated heterocycles. The molecule has 0 aliphatic carbocycles. The Morgan fingerprint density at radius 2 is 2.24 bits per heavy atom. The molecular formula is C12H12ClFN2O. The third kappa shape index (κ3) is 2.84. The maximum Gasteiger partial charge on any atom is 0.130 e. The van der Waals surface area contributed by atoms with E-state index in [9.17, 15) is 4.39 Å². The molecule has 1 N–H and O–H groups in total. The lowest BCUT2D eigenvalue weighted by Gasteiger charge is -2.04. The first-order valence-corrected chi connectivity index (χ1v) is 5.64. The van der Waals surface area contributed by atoms with Crippen LogP contribution in [0.25, 0.3) is 0 Å². The predicted octanol–water partition coefficient (Wildman–Crippen LogP) is 2.26. The van der Waals surface area contributed by atoms with Gasteiger partial charge in [-0.3, -0.25) is 0 Å². The zero-order chi connectivity index (χ0) is 12.3. The van der Waals surface area contributed by atoms with Gasteiger partial charge >= 0.3 is 0 Å². The van der Waals surface area contributed by atoms with Crippen LogP contribution in [0, 0.1) is 5.82 Å². The summed E-state index contributed by atoms with van der Waals surface area (Å²) in [5.74, 6) is -0.277. The van der Waals surface area contributed by atoms with Gasteiger partial charge in [0.15, 0.2) is 0 Å². The van der Waals surface area contributed by atoms with Gasteiger partial charge in [0, 0.05) is 18.6 Å². The monoisotopic (exact) mass is 254 g/mol. The highest BCUT2D eigenvalue weighted by Crippen LogP contribution is 2.17. The summed E-state index contributed by atoms with van der Waals surface area (Å²) in [6.45, 7) is 0.452. The van der Waals surface area contributed by atoms with Crippen LogP contribution < -0.4 is 0 Å². The minimum Gasteiger partial charge on any atom is -0.396 e. The molecule has 2 aromatic rings. The fourth-order valence-electron chi connectivity index (χ4n) is 1.62. The lowest BCUT2D eigenvalue weighted by atomic mass is 10.2. The fraction of sp³-hybridized carbons (Fsp3) is 0.250. The van der Waals surface area contributed by atoms with E-state index in [0.29, 0.717) is 18.1 Å². The number of aliphatic hydroxyl groups is 1. The van der Waals surface area contributed by atoms with Crippen LogP contribution in [0.4, 0.5) is 4.39 Å². The molecule has 0 amide bonds. The molecule has 0 saturated carbocycles. The molecule has 90 valence electrons. The van der Waals surface area contributed by atoms with Gasteiger partial charge in [0.25, 0.3) is 0 Å². The van der Waals surface area contributed by atoms with Crippen molar-refractivity contribution >= 4 is 11.6 Å². The van der Waals surface area contributed by atoms with Crippen LogP contribution in [0.15, 0.2) is 30.5 Å². The first-order valence-electron chi connectivity index (χ1n) is 5.26. The third-order valence-corrected chi connectivity index (χ3v) is 2.88. The quantitative estimate of drug-likeness (QED) is 0.909. The van der Waals surface area contributed by atoms with Crippen LogP contribution in [0.2, 0.25) is 5.15 Å². The third-order valence-electron chi connectivity index (χ3n) is 2.45. The van der Waals surface area contributed by atoms with Crippen molar-refractivity contribution in [2.24, 2.45) is 0 Å². The molecule has 0 atom stereocenters. The maximum atomic E-state index is 13.0. The topological polar surface area (TPSA) is 38.1 Å². The summed E-state index contributed by atoms with van der Waals surface area (Å²) in [7, 11) is 0. The minimum atomic E-state index is -0.277. The normalized spacial score (nSPS) is 10.8. The number of halogens is 2. The summed E-state index contributed by atoms with van der Waals surface area (Å²) < 4.78 is 14.6. The van der Waals surface area contributed by atoms with E-state index in [1.165, 1.54) is 12.1 Å². The van der Waals surface area contributed by atoms with E-state index in [2.05, 4.69) is 5.10 Å². The fourth-order valence-corrected chi connectivity index (χ4v) is 1.86. The van der Waals surface area contributed by atoms with Gasteiger partial charge in [0.1, 0.15) is 11.0 Å². The molecular weight excluding hydrogens is 243 g/mol. The van der Waals surface area contributed by atoms with Crippen molar-refractivity contribution in [3.05, 3.63) is 52.6 Å². The summed E-state index contributed by atoms with van der Waals surface area (Å²) in [4.78, 5) is 0. The number of nitrogens with zero attached hydrogens (tertiary/aromatic N) is 2. The highest BCUT2D eigenvalue weighted by Gasteiger charge is 2.08. The molecule has 17 heavy (non-hydrogen) atoms. The van der Waals surface area contributed by atoms with Crippen molar-refractivity contribution in [3.8, 4) is 0 Å². The van der Waals surface area contributed by atoms with Crippen LogP contribution in [-0.2, 0) is 13.0 Å². The minimum absolute atomic E-state index is 0.0331. The Kier molecular flexibility index (Phi) is 3.76. The second kappa shape index (κ2) is 5.29. The molecule has 0 aliphatic rings. The number of rotatable bonds is 4. The molecule has 3 nitrogen and oxygen atoms in total. The van der Waals surface area contributed by atoms with E-state index in [4.69, 9.17) is 16.7 Å². The Labute approximate surface area is 103 Å². The molecule has 0 radical (unpaired) electrons. The summed E-state index contributed by atoms with van der Waals surface area (Å²) in [6, 6.07) is 6.30. The average molecular weight is 255 g/mol. The van der Waals surface area contributed by atoms with E-state index in [-0.39, 0.29) is 12.4 Å². The zero-order valence-corrected chi connectivity index (χ0v) is 9.86. The molecule has 5 heteroatoms. The molecule has 1 aromatic carbocycles. The molecule has 0 aliphatic heterocycles. The van der Waals surface area contributed by atoms with Crippen molar-refractivity contribution < 1.29 is 9.50 Å². The van der Waals surface area contributed by atoms with Crippen LogP contribution >= 0.6 is 11.6 Å². The zero-order valence-electron chi connectivity index (χ0n) is 9.11.